The maximum atomic E-state index is 12.6. The summed E-state index contributed by atoms with van der Waals surface area (Å²) >= 11 is 0. The second kappa shape index (κ2) is 6.43. The molecule has 0 heterocycles. The normalized spacial score (nSPS) is 12.8. The highest BCUT2D eigenvalue weighted by Gasteiger charge is 2.26. The number of sulfonamides is 1. The number of fused-ring (bicyclic) bond motifs is 1. The zero-order valence-electron chi connectivity index (χ0n) is 12.6. The molecule has 0 saturated carbocycles. The van der Waals surface area contributed by atoms with E-state index in [0.29, 0.717) is 5.56 Å². The quantitative estimate of drug-likeness (QED) is 0.747. The van der Waals surface area contributed by atoms with Crippen LogP contribution < -0.4 is 4.72 Å². The van der Waals surface area contributed by atoms with Gasteiger partial charge in [0, 0.05) is 0 Å². The summed E-state index contributed by atoms with van der Waals surface area (Å²) in [6.45, 7) is 0. The highest BCUT2D eigenvalue weighted by atomic mass is 32.2. The molecule has 3 aromatic carbocycles. The van der Waals surface area contributed by atoms with Crippen molar-refractivity contribution in [1.82, 2.24) is 4.72 Å². The van der Waals surface area contributed by atoms with E-state index in [9.17, 15) is 18.3 Å². The van der Waals surface area contributed by atoms with Crippen LogP contribution in [-0.4, -0.2) is 19.5 Å². The van der Waals surface area contributed by atoms with Gasteiger partial charge in [0.1, 0.15) is 6.04 Å². The molecule has 0 fully saturated rings. The average molecular weight is 341 g/mol. The topological polar surface area (TPSA) is 83.5 Å². The molecule has 3 aromatic rings. The van der Waals surface area contributed by atoms with Crippen molar-refractivity contribution in [2.24, 2.45) is 0 Å². The molecule has 0 aliphatic heterocycles. The molecule has 1 atom stereocenters. The Morgan fingerprint density at radius 2 is 1.50 bits per heavy atom. The van der Waals surface area contributed by atoms with Crippen molar-refractivity contribution in [1.29, 1.82) is 0 Å². The summed E-state index contributed by atoms with van der Waals surface area (Å²) in [5.41, 5.74) is 0.370. The second-order valence-corrected chi connectivity index (χ2v) is 7.03. The molecule has 24 heavy (non-hydrogen) atoms. The molecule has 0 spiro atoms. The Bertz CT molecular complexity index is 984. The van der Waals surface area contributed by atoms with Crippen molar-refractivity contribution in [3.05, 3.63) is 78.4 Å². The van der Waals surface area contributed by atoms with Crippen LogP contribution in [0.15, 0.2) is 77.7 Å². The summed E-state index contributed by atoms with van der Waals surface area (Å²) in [5.74, 6) is -1.26. The lowest BCUT2D eigenvalue weighted by Crippen LogP contribution is -2.33. The van der Waals surface area contributed by atoms with Crippen molar-refractivity contribution in [3.8, 4) is 0 Å². The van der Waals surface area contributed by atoms with E-state index in [1.807, 2.05) is 18.2 Å². The highest BCUT2D eigenvalue weighted by molar-refractivity contribution is 7.89. The van der Waals surface area contributed by atoms with Crippen LogP contribution >= 0.6 is 0 Å². The molecule has 0 unspecified atom stereocenters. The Hall–Kier alpha value is -2.70. The van der Waals surface area contributed by atoms with Crippen LogP contribution in [0.2, 0.25) is 0 Å². The first-order valence-electron chi connectivity index (χ1n) is 7.26. The maximum absolute atomic E-state index is 12.6. The predicted molar refractivity (Wildman–Crippen MR) is 91.1 cm³/mol. The van der Waals surface area contributed by atoms with Gasteiger partial charge < -0.3 is 5.11 Å². The van der Waals surface area contributed by atoms with Gasteiger partial charge in [-0.05, 0) is 28.5 Å². The second-order valence-electron chi connectivity index (χ2n) is 5.31. The van der Waals surface area contributed by atoms with Crippen LogP contribution in [0.5, 0.6) is 0 Å². The van der Waals surface area contributed by atoms with Gasteiger partial charge in [0.15, 0.2) is 0 Å². The molecule has 2 N–H and O–H groups in total. The Morgan fingerprint density at radius 1 is 0.875 bits per heavy atom. The largest absolute Gasteiger partial charge is 0.480 e. The van der Waals surface area contributed by atoms with E-state index >= 15 is 0 Å². The lowest BCUT2D eigenvalue weighted by Gasteiger charge is -2.15. The molecular weight excluding hydrogens is 326 g/mol. The molecule has 0 aromatic heterocycles. The summed E-state index contributed by atoms with van der Waals surface area (Å²) in [7, 11) is -3.97. The third kappa shape index (κ3) is 3.29. The molecule has 122 valence electrons. The van der Waals surface area contributed by atoms with E-state index in [1.54, 1.807) is 42.5 Å². The fourth-order valence-electron chi connectivity index (χ4n) is 2.46. The lowest BCUT2D eigenvalue weighted by atomic mass is 10.1. The van der Waals surface area contributed by atoms with E-state index < -0.39 is 22.0 Å². The standard InChI is InChI=1S/C18H15NO4S/c20-18(21)17(14-7-2-1-3-8-14)19-24(22,23)16-11-10-13-6-4-5-9-15(13)12-16/h1-12,17,19H,(H,20,21)/t17-/m0/s1. The van der Waals surface area contributed by atoms with Gasteiger partial charge in [0.2, 0.25) is 10.0 Å². The first-order valence-corrected chi connectivity index (χ1v) is 8.74. The maximum Gasteiger partial charge on any atom is 0.326 e. The van der Waals surface area contributed by atoms with Gasteiger partial charge in [-0.15, -0.1) is 0 Å². The minimum absolute atomic E-state index is 0.0309. The van der Waals surface area contributed by atoms with Crippen LogP contribution in [-0.2, 0) is 14.8 Å². The number of hydrogen-bond acceptors (Lipinski definition) is 3. The Labute approximate surface area is 139 Å². The number of carboxylic acids is 1. The molecule has 0 radical (unpaired) electrons. The van der Waals surface area contributed by atoms with Crippen LogP contribution in [0.25, 0.3) is 10.8 Å². The van der Waals surface area contributed by atoms with Gasteiger partial charge in [0.05, 0.1) is 4.90 Å². The number of aliphatic carboxylic acids is 1. The van der Waals surface area contributed by atoms with Crippen molar-refractivity contribution < 1.29 is 18.3 Å². The number of benzene rings is 3. The molecular formula is C18H15NO4S. The molecule has 5 nitrogen and oxygen atoms in total. The minimum atomic E-state index is -3.97. The Balaban J connectivity index is 1.97. The van der Waals surface area contributed by atoms with Crippen LogP contribution in [0, 0.1) is 0 Å². The molecule has 0 amide bonds. The van der Waals surface area contributed by atoms with E-state index in [-0.39, 0.29) is 4.90 Å². The van der Waals surface area contributed by atoms with E-state index in [1.165, 1.54) is 12.1 Å². The molecule has 0 bridgehead atoms. The predicted octanol–water partition coefficient (Wildman–Crippen LogP) is 2.94. The van der Waals surface area contributed by atoms with Gasteiger partial charge >= 0.3 is 5.97 Å². The highest BCUT2D eigenvalue weighted by Crippen LogP contribution is 2.21. The van der Waals surface area contributed by atoms with E-state index in [4.69, 9.17) is 0 Å². The van der Waals surface area contributed by atoms with Gasteiger partial charge in [0.25, 0.3) is 0 Å². The number of nitrogens with one attached hydrogen (secondary N) is 1. The third-order valence-electron chi connectivity index (χ3n) is 3.68. The molecule has 3 rings (SSSR count). The minimum Gasteiger partial charge on any atom is -0.480 e. The molecule has 0 aliphatic carbocycles. The summed E-state index contributed by atoms with van der Waals surface area (Å²) in [6, 6.07) is 18.9. The first-order chi connectivity index (χ1) is 11.5. The number of carbonyl (C=O) groups is 1. The van der Waals surface area contributed by atoms with Crippen molar-refractivity contribution in [2.45, 2.75) is 10.9 Å². The molecule has 0 saturated heterocycles. The summed E-state index contributed by atoms with van der Waals surface area (Å²) < 4.78 is 27.4. The van der Waals surface area contributed by atoms with Crippen molar-refractivity contribution in [2.75, 3.05) is 0 Å². The third-order valence-corrected chi connectivity index (χ3v) is 5.10. The van der Waals surface area contributed by atoms with Gasteiger partial charge in [-0.1, -0.05) is 60.7 Å². The number of hydrogen-bond donors (Lipinski definition) is 2. The Kier molecular flexibility index (Phi) is 4.33. The zero-order chi connectivity index (χ0) is 17.2. The van der Waals surface area contributed by atoms with E-state index in [2.05, 4.69) is 4.72 Å². The number of rotatable bonds is 5. The van der Waals surface area contributed by atoms with Gasteiger partial charge in [-0.3, -0.25) is 4.79 Å². The Morgan fingerprint density at radius 3 is 2.17 bits per heavy atom. The van der Waals surface area contributed by atoms with Crippen LogP contribution in [0.4, 0.5) is 0 Å². The molecule has 6 heteroatoms. The smallest absolute Gasteiger partial charge is 0.326 e. The zero-order valence-corrected chi connectivity index (χ0v) is 13.4. The van der Waals surface area contributed by atoms with Gasteiger partial charge in [-0.2, -0.15) is 4.72 Å². The fourth-order valence-corrected chi connectivity index (χ4v) is 3.68. The summed E-state index contributed by atoms with van der Waals surface area (Å²) in [5, 5.41) is 11.1. The van der Waals surface area contributed by atoms with Crippen molar-refractivity contribution in [3.63, 3.8) is 0 Å². The van der Waals surface area contributed by atoms with Crippen LogP contribution in [0.3, 0.4) is 0 Å². The summed E-state index contributed by atoms with van der Waals surface area (Å²) in [6.07, 6.45) is 0. The van der Waals surface area contributed by atoms with Crippen molar-refractivity contribution >= 4 is 26.8 Å². The average Bonchev–Trinajstić information content (AvgIpc) is 2.60. The SMILES string of the molecule is O=C(O)[C@@H](NS(=O)(=O)c1ccc2ccccc2c1)c1ccccc1. The first kappa shape index (κ1) is 16.2. The van der Waals surface area contributed by atoms with E-state index in [0.717, 1.165) is 10.8 Å². The van der Waals surface area contributed by atoms with Crippen LogP contribution in [0.1, 0.15) is 11.6 Å². The summed E-state index contributed by atoms with van der Waals surface area (Å²) in [4.78, 5) is 11.5. The monoisotopic (exact) mass is 341 g/mol. The van der Waals surface area contributed by atoms with Gasteiger partial charge in [-0.25, -0.2) is 8.42 Å². The lowest BCUT2D eigenvalue weighted by molar-refractivity contribution is -0.139. The number of carboxylic acid groups (broad SMARTS) is 1. The fraction of sp³-hybridized carbons (Fsp3) is 0.0556. The molecule has 0 aliphatic rings.